The van der Waals surface area contributed by atoms with Crippen molar-refractivity contribution in [2.75, 3.05) is 46.6 Å². The highest BCUT2D eigenvalue weighted by atomic mass is 16.3. The van der Waals surface area contributed by atoms with Gasteiger partial charge < -0.3 is 30.6 Å². The van der Waals surface area contributed by atoms with Crippen LogP contribution in [0, 0.1) is 0 Å². The summed E-state index contributed by atoms with van der Waals surface area (Å²) in [5, 5.41) is 27.9. The van der Waals surface area contributed by atoms with Crippen LogP contribution in [0.3, 0.4) is 0 Å². The number of carbonyl (C=O) groups excluding carboxylic acids is 1. The summed E-state index contributed by atoms with van der Waals surface area (Å²) < 4.78 is 0. The SMILES string of the molecule is O=C(Nc1ccc(Nc2nc(N3CCCCC3)nc(N3CCCCC3)n2)cc1O)c1ccc2cccnc2c1O. The molecule has 0 aliphatic carbocycles. The van der Waals surface area contributed by atoms with Crippen LogP contribution in [-0.4, -0.2) is 62.2 Å². The van der Waals surface area contributed by atoms with Gasteiger partial charge in [-0.15, -0.1) is 0 Å². The van der Waals surface area contributed by atoms with Gasteiger partial charge in [0, 0.05) is 49.5 Å². The Balaban J connectivity index is 1.22. The molecule has 6 rings (SSSR count). The zero-order valence-electron chi connectivity index (χ0n) is 22.2. The zero-order chi connectivity index (χ0) is 27.5. The minimum Gasteiger partial charge on any atom is -0.506 e. The quantitative estimate of drug-likeness (QED) is 0.252. The van der Waals surface area contributed by atoms with E-state index < -0.39 is 5.91 Å². The maximum atomic E-state index is 12.9. The lowest BCUT2D eigenvalue weighted by molar-refractivity contribution is 0.102. The number of hydrogen-bond acceptors (Lipinski definition) is 10. The number of phenols is 2. The molecule has 2 aliphatic rings. The average molecular weight is 541 g/mol. The van der Waals surface area contributed by atoms with Crippen LogP contribution in [-0.2, 0) is 0 Å². The van der Waals surface area contributed by atoms with E-state index in [0.717, 1.165) is 57.2 Å². The minimum atomic E-state index is -0.559. The standard InChI is InChI=1S/C29H32N8O3/c38-23-18-20(10-12-22(23)32-26(40)21-11-9-19-8-7-13-30-24(19)25(21)39)31-27-33-28(36-14-3-1-4-15-36)35-29(34-27)37-16-5-2-6-17-37/h7-13,18,38-39H,1-6,14-17H2,(H,32,40)(H,31,33,34,35). The number of phenolic OH excluding ortho intramolecular Hbond substituents is 2. The van der Waals surface area contributed by atoms with Gasteiger partial charge in [0.2, 0.25) is 17.8 Å². The molecular formula is C29H32N8O3. The summed E-state index contributed by atoms with van der Waals surface area (Å²) in [6.45, 7) is 3.67. The van der Waals surface area contributed by atoms with Crippen molar-refractivity contribution in [2.24, 2.45) is 0 Å². The van der Waals surface area contributed by atoms with Gasteiger partial charge in [0.25, 0.3) is 5.91 Å². The Bertz CT molecular complexity index is 1500. The van der Waals surface area contributed by atoms with Crippen molar-refractivity contribution in [2.45, 2.75) is 38.5 Å². The number of piperidine rings is 2. The molecule has 2 aromatic carbocycles. The van der Waals surface area contributed by atoms with Gasteiger partial charge in [0.1, 0.15) is 11.3 Å². The third kappa shape index (κ3) is 5.40. The van der Waals surface area contributed by atoms with Crippen LogP contribution in [0.5, 0.6) is 11.5 Å². The van der Waals surface area contributed by atoms with Gasteiger partial charge in [-0.25, -0.2) is 0 Å². The molecule has 0 bridgehead atoms. The molecule has 0 saturated carbocycles. The van der Waals surface area contributed by atoms with Crippen molar-refractivity contribution in [3.05, 3.63) is 54.2 Å². The lowest BCUT2D eigenvalue weighted by atomic mass is 10.1. The zero-order valence-corrected chi connectivity index (χ0v) is 22.2. The Hall–Kier alpha value is -4.67. The van der Waals surface area contributed by atoms with Crippen LogP contribution < -0.4 is 20.4 Å². The smallest absolute Gasteiger partial charge is 0.259 e. The molecule has 2 fully saturated rings. The number of aromatic hydroxyl groups is 2. The number of nitrogens with one attached hydrogen (secondary N) is 2. The van der Waals surface area contributed by atoms with Crippen molar-refractivity contribution >= 4 is 46.0 Å². The van der Waals surface area contributed by atoms with Crippen molar-refractivity contribution in [1.82, 2.24) is 19.9 Å². The fraction of sp³-hybridized carbons (Fsp3) is 0.345. The third-order valence-corrected chi connectivity index (χ3v) is 7.38. The summed E-state index contributed by atoms with van der Waals surface area (Å²) >= 11 is 0. The number of benzene rings is 2. The summed E-state index contributed by atoms with van der Waals surface area (Å²) in [4.78, 5) is 35.7. The highest BCUT2D eigenvalue weighted by Crippen LogP contribution is 2.32. The van der Waals surface area contributed by atoms with Crippen LogP contribution in [0.2, 0.25) is 0 Å². The molecule has 0 spiro atoms. The number of hydrogen-bond donors (Lipinski definition) is 4. The van der Waals surface area contributed by atoms with Gasteiger partial charge in [0.15, 0.2) is 5.75 Å². The Labute approximate surface area is 231 Å². The second-order valence-electron chi connectivity index (χ2n) is 10.2. The van der Waals surface area contributed by atoms with E-state index >= 15 is 0 Å². The molecule has 2 saturated heterocycles. The molecule has 1 amide bonds. The van der Waals surface area contributed by atoms with E-state index in [-0.39, 0.29) is 22.7 Å². The van der Waals surface area contributed by atoms with E-state index in [1.54, 1.807) is 36.5 Å². The topological polar surface area (TPSA) is 140 Å². The van der Waals surface area contributed by atoms with Crippen molar-refractivity contribution < 1.29 is 15.0 Å². The molecule has 11 heteroatoms. The molecule has 0 atom stereocenters. The number of aromatic nitrogens is 4. The van der Waals surface area contributed by atoms with Gasteiger partial charge in [-0.2, -0.15) is 15.0 Å². The monoisotopic (exact) mass is 540 g/mol. The predicted molar refractivity (Wildman–Crippen MR) is 155 cm³/mol. The number of rotatable bonds is 6. The largest absolute Gasteiger partial charge is 0.506 e. The number of nitrogens with zero attached hydrogens (tertiary/aromatic N) is 6. The van der Waals surface area contributed by atoms with Crippen molar-refractivity contribution in [3.63, 3.8) is 0 Å². The Morgan fingerprint density at radius 2 is 1.48 bits per heavy atom. The summed E-state index contributed by atoms with van der Waals surface area (Å²) in [6, 6.07) is 11.6. The highest BCUT2D eigenvalue weighted by Gasteiger charge is 2.21. The number of pyridine rings is 1. The molecule has 206 valence electrons. The molecule has 40 heavy (non-hydrogen) atoms. The van der Waals surface area contributed by atoms with Crippen LogP contribution in [0.15, 0.2) is 48.7 Å². The Morgan fingerprint density at radius 3 is 2.12 bits per heavy atom. The maximum absolute atomic E-state index is 12.9. The maximum Gasteiger partial charge on any atom is 0.259 e. The summed E-state index contributed by atoms with van der Waals surface area (Å²) in [5.41, 5.74) is 1.17. The van der Waals surface area contributed by atoms with Gasteiger partial charge in [-0.05, 0) is 62.8 Å². The first kappa shape index (κ1) is 25.6. The molecule has 2 aliphatic heterocycles. The first-order valence-electron chi connectivity index (χ1n) is 13.8. The molecular weight excluding hydrogens is 508 g/mol. The predicted octanol–water partition coefficient (Wildman–Crippen LogP) is 4.81. The normalized spacial score (nSPS) is 15.7. The van der Waals surface area contributed by atoms with E-state index in [0.29, 0.717) is 29.0 Å². The lowest BCUT2D eigenvalue weighted by Gasteiger charge is -2.30. The van der Waals surface area contributed by atoms with E-state index in [9.17, 15) is 15.0 Å². The van der Waals surface area contributed by atoms with Gasteiger partial charge in [-0.1, -0.05) is 12.1 Å². The van der Waals surface area contributed by atoms with Crippen LogP contribution in [0.1, 0.15) is 48.9 Å². The lowest BCUT2D eigenvalue weighted by Crippen LogP contribution is -2.34. The number of fused-ring (bicyclic) bond motifs is 1. The van der Waals surface area contributed by atoms with E-state index in [1.165, 1.54) is 25.0 Å². The van der Waals surface area contributed by atoms with Gasteiger partial charge in [0.05, 0.1) is 11.3 Å². The molecule has 2 aromatic heterocycles. The second kappa shape index (κ2) is 11.2. The van der Waals surface area contributed by atoms with Crippen LogP contribution in [0.25, 0.3) is 10.9 Å². The third-order valence-electron chi connectivity index (χ3n) is 7.38. The van der Waals surface area contributed by atoms with Gasteiger partial charge in [-0.3, -0.25) is 9.78 Å². The summed E-state index contributed by atoms with van der Waals surface area (Å²) in [7, 11) is 0. The van der Waals surface area contributed by atoms with E-state index in [2.05, 4.69) is 25.4 Å². The molecule has 0 radical (unpaired) electrons. The summed E-state index contributed by atoms with van der Waals surface area (Å²) in [6.07, 6.45) is 8.43. The van der Waals surface area contributed by atoms with Crippen molar-refractivity contribution in [3.8, 4) is 11.5 Å². The first-order valence-corrected chi connectivity index (χ1v) is 13.8. The van der Waals surface area contributed by atoms with E-state index in [4.69, 9.17) is 15.0 Å². The number of anilines is 5. The fourth-order valence-electron chi connectivity index (χ4n) is 5.23. The molecule has 0 unspecified atom stereocenters. The van der Waals surface area contributed by atoms with E-state index in [1.807, 2.05) is 0 Å². The Morgan fingerprint density at radius 1 is 0.800 bits per heavy atom. The molecule has 4 N–H and O–H groups in total. The molecule has 11 nitrogen and oxygen atoms in total. The highest BCUT2D eigenvalue weighted by molar-refractivity contribution is 6.09. The van der Waals surface area contributed by atoms with Crippen LogP contribution in [0.4, 0.5) is 29.2 Å². The molecule has 4 aromatic rings. The minimum absolute atomic E-state index is 0.0634. The average Bonchev–Trinajstić information content (AvgIpc) is 2.99. The fourth-order valence-corrected chi connectivity index (χ4v) is 5.23. The van der Waals surface area contributed by atoms with Crippen LogP contribution >= 0.6 is 0 Å². The number of amides is 1. The molecule has 4 heterocycles. The Kier molecular flexibility index (Phi) is 7.17. The second-order valence-corrected chi connectivity index (χ2v) is 10.2. The first-order chi connectivity index (χ1) is 19.5. The summed E-state index contributed by atoms with van der Waals surface area (Å²) in [5.74, 6) is 0.818. The van der Waals surface area contributed by atoms with Crippen molar-refractivity contribution in [1.29, 1.82) is 0 Å². The van der Waals surface area contributed by atoms with Gasteiger partial charge >= 0.3 is 0 Å². The number of carbonyl (C=O) groups is 1.